The molecule has 2 aliphatic heterocycles. The van der Waals surface area contributed by atoms with Crippen LogP contribution in [0.25, 0.3) is 0 Å². The number of hydrogen-bond donors (Lipinski definition) is 1. The Labute approximate surface area is 120 Å². The van der Waals surface area contributed by atoms with Gasteiger partial charge < -0.3 is 10.2 Å². The molecule has 0 bridgehead atoms. The maximum Gasteiger partial charge on any atom is 0.342 e. The Hall–Kier alpha value is -0.940. The van der Waals surface area contributed by atoms with Crippen molar-refractivity contribution in [3.05, 3.63) is 0 Å². The highest BCUT2D eigenvalue weighted by atomic mass is 16.7. The van der Waals surface area contributed by atoms with Crippen molar-refractivity contribution >= 4 is 11.8 Å². The van der Waals surface area contributed by atoms with Crippen molar-refractivity contribution in [2.24, 2.45) is 5.92 Å². The molecule has 1 unspecified atom stereocenters. The van der Waals surface area contributed by atoms with Gasteiger partial charge in [-0.3, -0.25) is 4.79 Å². The van der Waals surface area contributed by atoms with Crippen molar-refractivity contribution in [3.8, 4) is 0 Å². The van der Waals surface area contributed by atoms with Crippen molar-refractivity contribution < 1.29 is 14.4 Å². The minimum Gasteiger partial charge on any atom is -0.366 e. The van der Waals surface area contributed by atoms with Gasteiger partial charge in [0, 0.05) is 12.5 Å². The van der Waals surface area contributed by atoms with Gasteiger partial charge in [-0.2, -0.15) is 0 Å². The summed E-state index contributed by atoms with van der Waals surface area (Å²) in [6.45, 7) is 1.58. The van der Waals surface area contributed by atoms with Gasteiger partial charge in [0.25, 0.3) is 0 Å². The fourth-order valence-electron chi connectivity index (χ4n) is 3.68. The van der Waals surface area contributed by atoms with Gasteiger partial charge in [-0.15, -0.1) is 5.06 Å². The highest BCUT2D eigenvalue weighted by Gasteiger charge is 2.39. The quantitative estimate of drug-likeness (QED) is 0.844. The van der Waals surface area contributed by atoms with Gasteiger partial charge in [0.05, 0.1) is 0 Å². The Balaban J connectivity index is 1.57. The Morgan fingerprint density at radius 2 is 1.80 bits per heavy atom. The van der Waals surface area contributed by atoms with Crippen LogP contribution in [0.15, 0.2) is 0 Å². The summed E-state index contributed by atoms with van der Waals surface area (Å²) >= 11 is 0. The number of nitrogens with one attached hydrogen (secondary N) is 1. The normalized spacial score (nSPS) is 31.8. The van der Waals surface area contributed by atoms with Crippen LogP contribution in [0.5, 0.6) is 0 Å². The van der Waals surface area contributed by atoms with E-state index in [1.807, 2.05) is 0 Å². The molecular weight excluding hydrogens is 256 g/mol. The second-order valence-electron chi connectivity index (χ2n) is 6.24. The number of Topliss-reactive ketones (excluding diaryl/α,β-unsaturated/α-hetero) is 1. The monoisotopic (exact) mass is 280 g/mol. The molecule has 3 aliphatic rings. The third-order valence-corrected chi connectivity index (χ3v) is 4.84. The number of rotatable bonds is 4. The standard InChI is InChI=1S/C15H24N2O3/c18-14(11-5-1-2-6-11)13-8-4-10-17(13)20-15(19)12-7-3-9-16-12/h11-13,16H,1-10H2/t12-,13?/m0/s1. The first-order chi connectivity index (χ1) is 9.75. The Kier molecular flexibility index (Phi) is 4.36. The molecule has 3 fully saturated rings. The van der Waals surface area contributed by atoms with Crippen molar-refractivity contribution in [1.29, 1.82) is 0 Å². The Morgan fingerprint density at radius 1 is 1.00 bits per heavy atom. The van der Waals surface area contributed by atoms with Gasteiger partial charge in [-0.1, -0.05) is 12.8 Å². The predicted molar refractivity (Wildman–Crippen MR) is 73.8 cm³/mol. The summed E-state index contributed by atoms with van der Waals surface area (Å²) in [5.74, 6) is 0.282. The third kappa shape index (κ3) is 2.88. The van der Waals surface area contributed by atoms with Crippen LogP contribution in [0.4, 0.5) is 0 Å². The topological polar surface area (TPSA) is 58.6 Å². The zero-order chi connectivity index (χ0) is 13.9. The lowest BCUT2D eigenvalue weighted by Crippen LogP contribution is -2.43. The number of carbonyl (C=O) groups is 2. The number of hydrogen-bond acceptors (Lipinski definition) is 5. The lowest BCUT2D eigenvalue weighted by molar-refractivity contribution is -0.197. The van der Waals surface area contributed by atoms with E-state index in [2.05, 4.69) is 5.32 Å². The summed E-state index contributed by atoms with van der Waals surface area (Å²) < 4.78 is 0. The number of nitrogens with zero attached hydrogens (tertiary/aromatic N) is 1. The molecule has 112 valence electrons. The summed E-state index contributed by atoms with van der Waals surface area (Å²) in [6.07, 6.45) is 7.99. The lowest BCUT2D eigenvalue weighted by atomic mass is 9.96. The number of hydroxylamine groups is 2. The molecule has 1 aliphatic carbocycles. The second kappa shape index (κ2) is 6.22. The molecule has 5 heteroatoms. The van der Waals surface area contributed by atoms with Crippen molar-refractivity contribution in [1.82, 2.24) is 10.4 Å². The van der Waals surface area contributed by atoms with E-state index in [-0.39, 0.29) is 24.0 Å². The van der Waals surface area contributed by atoms with E-state index in [1.54, 1.807) is 5.06 Å². The van der Waals surface area contributed by atoms with Crippen LogP contribution in [-0.4, -0.2) is 42.0 Å². The van der Waals surface area contributed by atoms with Gasteiger partial charge in [0.15, 0.2) is 5.78 Å². The van der Waals surface area contributed by atoms with Crippen LogP contribution in [0.2, 0.25) is 0 Å². The Morgan fingerprint density at radius 3 is 2.50 bits per heavy atom. The molecule has 0 aromatic rings. The van der Waals surface area contributed by atoms with Gasteiger partial charge in [0.2, 0.25) is 0 Å². The molecule has 0 amide bonds. The summed E-state index contributed by atoms with van der Waals surface area (Å²) in [5, 5.41) is 4.80. The second-order valence-corrected chi connectivity index (χ2v) is 6.24. The molecule has 1 saturated carbocycles. The minimum absolute atomic E-state index is 0.183. The molecule has 2 saturated heterocycles. The predicted octanol–water partition coefficient (Wildman–Crippen LogP) is 1.42. The van der Waals surface area contributed by atoms with Gasteiger partial charge in [0.1, 0.15) is 12.1 Å². The zero-order valence-electron chi connectivity index (χ0n) is 12.0. The fraction of sp³-hybridized carbons (Fsp3) is 0.867. The van der Waals surface area contributed by atoms with Gasteiger partial charge in [-0.05, 0) is 45.1 Å². The molecule has 0 radical (unpaired) electrons. The van der Waals surface area contributed by atoms with E-state index >= 15 is 0 Å². The SMILES string of the molecule is O=C(C1CCCC1)C1CCCN1OC(=O)[C@@H]1CCCN1. The van der Waals surface area contributed by atoms with Crippen LogP contribution >= 0.6 is 0 Å². The molecule has 5 nitrogen and oxygen atoms in total. The van der Waals surface area contributed by atoms with Gasteiger partial charge >= 0.3 is 5.97 Å². The van der Waals surface area contributed by atoms with E-state index < -0.39 is 0 Å². The molecule has 20 heavy (non-hydrogen) atoms. The van der Waals surface area contributed by atoms with Crippen molar-refractivity contribution in [3.63, 3.8) is 0 Å². The van der Waals surface area contributed by atoms with Crippen LogP contribution in [0, 0.1) is 5.92 Å². The summed E-state index contributed by atoms with van der Waals surface area (Å²) in [7, 11) is 0. The minimum atomic E-state index is -0.214. The molecule has 0 aromatic carbocycles. The van der Waals surface area contributed by atoms with E-state index in [0.717, 1.165) is 57.9 Å². The molecule has 2 atom stereocenters. The van der Waals surface area contributed by atoms with Crippen LogP contribution < -0.4 is 5.32 Å². The van der Waals surface area contributed by atoms with E-state index in [0.29, 0.717) is 12.3 Å². The first-order valence-corrected chi connectivity index (χ1v) is 8.01. The molecular formula is C15H24N2O3. The van der Waals surface area contributed by atoms with Crippen molar-refractivity contribution in [2.75, 3.05) is 13.1 Å². The van der Waals surface area contributed by atoms with E-state index in [1.165, 1.54) is 0 Å². The largest absolute Gasteiger partial charge is 0.366 e. The zero-order valence-corrected chi connectivity index (χ0v) is 12.0. The van der Waals surface area contributed by atoms with E-state index in [4.69, 9.17) is 4.84 Å². The summed E-state index contributed by atoms with van der Waals surface area (Å²) in [6, 6.07) is -0.374. The average molecular weight is 280 g/mol. The number of carbonyl (C=O) groups excluding carboxylic acids is 2. The first kappa shape index (κ1) is 14.0. The molecule has 0 spiro atoms. The molecule has 3 rings (SSSR count). The van der Waals surface area contributed by atoms with Crippen LogP contribution in [0.1, 0.15) is 51.4 Å². The summed E-state index contributed by atoms with van der Waals surface area (Å²) in [5.41, 5.74) is 0. The molecule has 2 heterocycles. The molecule has 0 aromatic heterocycles. The highest BCUT2D eigenvalue weighted by molar-refractivity contribution is 5.87. The van der Waals surface area contributed by atoms with Crippen LogP contribution in [-0.2, 0) is 14.4 Å². The Bertz CT molecular complexity index is 373. The number of ketones is 1. The lowest BCUT2D eigenvalue weighted by Gasteiger charge is -2.25. The van der Waals surface area contributed by atoms with Crippen molar-refractivity contribution in [2.45, 2.75) is 63.5 Å². The van der Waals surface area contributed by atoms with Crippen LogP contribution in [0.3, 0.4) is 0 Å². The van der Waals surface area contributed by atoms with Gasteiger partial charge in [-0.25, -0.2) is 4.79 Å². The summed E-state index contributed by atoms with van der Waals surface area (Å²) in [4.78, 5) is 30.1. The average Bonchev–Trinajstić information content (AvgIpc) is 3.20. The molecule has 1 N–H and O–H groups in total. The third-order valence-electron chi connectivity index (χ3n) is 4.84. The maximum atomic E-state index is 12.5. The van der Waals surface area contributed by atoms with E-state index in [9.17, 15) is 9.59 Å². The first-order valence-electron chi connectivity index (χ1n) is 8.01. The maximum absolute atomic E-state index is 12.5. The smallest absolute Gasteiger partial charge is 0.342 e. The fourth-order valence-corrected chi connectivity index (χ4v) is 3.68. The highest BCUT2D eigenvalue weighted by Crippen LogP contribution is 2.30.